The standard InChI is InChI=1S/C12H13N3O4S2/c1-8-9(2)20-12(14(8)3)13-21(18,19)11-6-4-5-10(7-11)15(16)17/h4-7H,1-3H3/b13-12-. The number of hydrogen-bond acceptors (Lipinski definition) is 5. The molecule has 0 aliphatic rings. The molecule has 9 heteroatoms. The molecule has 1 heterocycles. The second-order valence-electron chi connectivity index (χ2n) is 4.41. The molecule has 0 unspecified atom stereocenters. The topological polar surface area (TPSA) is 94.6 Å². The molecule has 0 radical (unpaired) electrons. The zero-order valence-electron chi connectivity index (χ0n) is 11.6. The smallest absolute Gasteiger partial charge is 0.285 e. The van der Waals surface area contributed by atoms with Crippen molar-refractivity contribution in [3.63, 3.8) is 0 Å². The second kappa shape index (κ2) is 5.41. The molecule has 1 aromatic heterocycles. The molecule has 2 aromatic rings. The first-order chi connectivity index (χ1) is 9.72. The van der Waals surface area contributed by atoms with Gasteiger partial charge in [-0.3, -0.25) is 10.1 Å². The van der Waals surface area contributed by atoms with Gasteiger partial charge in [-0.2, -0.15) is 8.42 Å². The van der Waals surface area contributed by atoms with Crippen LogP contribution in [0.5, 0.6) is 0 Å². The molecule has 21 heavy (non-hydrogen) atoms. The van der Waals surface area contributed by atoms with Crippen molar-refractivity contribution < 1.29 is 13.3 Å². The first-order valence-electron chi connectivity index (χ1n) is 5.91. The van der Waals surface area contributed by atoms with Crippen molar-refractivity contribution in [2.75, 3.05) is 0 Å². The molecule has 7 nitrogen and oxygen atoms in total. The second-order valence-corrected chi connectivity index (χ2v) is 7.19. The van der Waals surface area contributed by atoms with Crippen molar-refractivity contribution in [1.82, 2.24) is 4.57 Å². The minimum absolute atomic E-state index is 0.194. The number of aromatic nitrogens is 1. The molecule has 0 aliphatic heterocycles. The van der Waals surface area contributed by atoms with Crippen molar-refractivity contribution >= 4 is 27.0 Å². The normalized spacial score (nSPS) is 12.6. The van der Waals surface area contributed by atoms with Gasteiger partial charge in [-0.1, -0.05) is 6.07 Å². The lowest BCUT2D eigenvalue weighted by Crippen LogP contribution is -2.14. The van der Waals surface area contributed by atoms with E-state index in [1.165, 1.54) is 29.5 Å². The maximum atomic E-state index is 12.3. The molecule has 0 amide bonds. The lowest BCUT2D eigenvalue weighted by molar-refractivity contribution is -0.385. The predicted octanol–water partition coefficient (Wildman–Crippen LogP) is 1.90. The van der Waals surface area contributed by atoms with Gasteiger partial charge in [-0.25, -0.2) is 0 Å². The Morgan fingerprint density at radius 2 is 2.00 bits per heavy atom. The molecule has 0 atom stereocenters. The van der Waals surface area contributed by atoms with Gasteiger partial charge in [0.05, 0.1) is 9.82 Å². The molecule has 0 saturated heterocycles. The Balaban J connectivity index is 2.60. The lowest BCUT2D eigenvalue weighted by atomic mass is 10.3. The summed E-state index contributed by atoms with van der Waals surface area (Å²) in [6.45, 7) is 3.74. The number of thiazole rings is 1. The molecule has 0 aliphatic carbocycles. The van der Waals surface area contributed by atoms with Gasteiger partial charge in [0.25, 0.3) is 15.7 Å². The SMILES string of the molecule is Cc1s/c(=N\S(=O)(=O)c2cccc([N+](=O)[O-])c2)n(C)c1C. The quantitative estimate of drug-likeness (QED) is 0.635. The Hall–Kier alpha value is -2.00. The largest absolute Gasteiger partial charge is 0.323 e. The molecule has 112 valence electrons. The molecule has 0 N–H and O–H groups in total. The summed E-state index contributed by atoms with van der Waals surface area (Å²) in [5.41, 5.74) is 0.641. The summed E-state index contributed by atoms with van der Waals surface area (Å²) in [6, 6.07) is 4.86. The average Bonchev–Trinajstić information content (AvgIpc) is 2.66. The number of nitrogens with zero attached hydrogens (tertiary/aromatic N) is 3. The van der Waals surface area contributed by atoms with Crippen LogP contribution in [0.4, 0.5) is 5.69 Å². The molecule has 2 rings (SSSR count). The lowest BCUT2D eigenvalue weighted by Gasteiger charge is -1.99. The number of hydrogen-bond donors (Lipinski definition) is 0. The highest BCUT2D eigenvalue weighted by molar-refractivity contribution is 7.90. The first-order valence-corrected chi connectivity index (χ1v) is 8.16. The summed E-state index contributed by atoms with van der Waals surface area (Å²) in [5.74, 6) is 0. The van der Waals surface area contributed by atoms with E-state index in [0.29, 0.717) is 4.80 Å². The van der Waals surface area contributed by atoms with E-state index < -0.39 is 14.9 Å². The zero-order chi connectivity index (χ0) is 15.8. The van der Waals surface area contributed by atoms with Crippen LogP contribution >= 0.6 is 11.3 Å². The number of non-ortho nitro benzene ring substituents is 1. The van der Waals surface area contributed by atoms with Crippen molar-refractivity contribution in [3.05, 3.63) is 49.8 Å². The van der Waals surface area contributed by atoms with Gasteiger partial charge in [0.1, 0.15) is 0 Å². The minimum atomic E-state index is -3.99. The molecule has 0 saturated carbocycles. The van der Waals surface area contributed by atoms with Crippen molar-refractivity contribution in [1.29, 1.82) is 0 Å². The van der Waals surface area contributed by atoms with E-state index in [2.05, 4.69) is 4.40 Å². The zero-order valence-corrected chi connectivity index (χ0v) is 13.2. The van der Waals surface area contributed by atoms with Crippen LogP contribution in [0.25, 0.3) is 0 Å². The van der Waals surface area contributed by atoms with E-state index in [0.717, 1.165) is 16.6 Å². The number of nitro benzene ring substituents is 1. The number of nitro groups is 1. The van der Waals surface area contributed by atoms with Crippen LogP contribution in [0.1, 0.15) is 10.6 Å². The van der Waals surface area contributed by atoms with Gasteiger partial charge in [-0.05, 0) is 19.9 Å². The van der Waals surface area contributed by atoms with Crippen molar-refractivity contribution in [2.45, 2.75) is 18.7 Å². The van der Waals surface area contributed by atoms with Gasteiger partial charge in [-0.15, -0.1) is 15.7 Å². The highest BCUT2D eigenvalue weighted by Crippen LogP contribution is 2.19. The van der Waals surface area contributed by atoms with Crippen LogP contribution in [0.3, 0.4) is 0 Å². The summed E-state index contributed by atoms with van der Waals surface area (Å²) < 4.78 is 30.0. The van der Waals surface area contributed by atoms with Crippen LogP contribution < -0.4 is 4.80 Å². The fraction of sp³-hybridized carbons (Fsp3) is 0.250. The van der Waals surface area contributed by atoms with Gasteiger partial charge in [0.15, 0.2) is 0 Å². The highest BCUT2D eigenvalue weighted by atomic mass is 32.2. The third-order valence-electron chi connectivity index (χ3n) is 3.07. The Morgan fingerprint density at radius 3 is 2.52 bits per heavy atom. The number of benzene rings is 1. The predicted molar refractivity (Wildman–Crippen MR) is 78.6 cm³/mol. The van der Waals surface area contributed by atoms with Crippen LogP contribution in [0.2, 0.25) is 0 Å². The van der Waals surface area contributed by atoms with Gasteiger partial charge >= 0.3 is 0 Å². The van der Waals surface area contributed by atoms with E-state index in [-0.39, 0.29) is 10.6 Å². The Labute approximate surface area is 125 Å². The van der Waals surface area contributed by atoms with Crippen LogP contribution in [-0.4, -0.2) is 17.9 Å². The minimum Gasteiger partial charge on any atom is -0.323 e. The molecule has 1 aromatic carbocycles. The summed E-state index contributed by atoms with van der Waals surface area (Å²) >= 11 is 1.26. The molecular weight excluding hydrogens is 314 g/mol. The average molecular weight is 327 g/mol. The summed E-state index contributed by atoms with van der Waals surface area (Å²) in [4.78, 5) is 11.2. The number of aryl methyl sites for hydroxylation is 1. The van der Waals surface area contributed by atoms with E-state index in [4.69, 9.17) is 0 Å². The van der Waals surface area contributed by atoms with Crippen molar-refractivity contribution in [2.24, 2.45) is 11.4 Å². The first kappa shape index (κ1) is 15.4. The van der Waals surface area contributed by atoms with Crippen LogP contribution in [-0.2, 0) is 17.1 Å². The van der Waals surface area contributed by atoms with Gasteiger partial charge in [0, 0.05) is 29.8 Å². The van der Waals surface area contributed by atoms with Crippen LogP contribution in [0.15, 0.2) is 33.6 Å². The summed E-state index contributed by atoms with van der Waals surface area (Å²) in [6.07, 6.45) is 0. The maximum Gasteiger partial charge on any atom is 0.285 e. The fourth-order valence-corrected chi connectivity index (χ4v) is 3.88. The third-order valence-corrected chi connectivity index (χ3v) is 5.60. The van der Waals surface area contributed by atoms with E-state index in [1.807, 2.05) is 13.8 Å². The van der Waals surface area contributed by atoms with E-state index >= 15 is 0 Å². The van der Waals surface area contributed by atoms with Crippen molar-refractivity contribution in [3.8, 4) is 0 Å². The van der Waals surface area contributed by atoms with Crippen LogP contribution in [0, 0.1) is 24.0 Å². The Kier molecular flexibility index (Phi) is 3.97. The molecule has 0 bridgehead atoms. The number of rotatable bonds is 3. The van der Waals surface area contributed by atoms with E-state index in [9.17, 15) is 18.5 Å². The third kappa shape index (κ3) is 3.03. The van der Waals surface area contributed by atoms with Gasteiger partial charge < -0.3 is 4.57 Å². The molecule has 0 spiro atoms. The number of sulfonamides is 1. The fourth-order valence-electron chi connectivity index (χ4n) is 1.65. The summed E-state index contributed by atoms with van der Waals surface area (Å²) in [5, 5.41) is 10.7. The molecule has 0 fully saturated rings. The van der Waals surface area contributed by atoms with Gasteiger partial charge in [0.2, 0.25) is 4.80 Å². The maximum absolute atomic E-state index is 12.3. The summed E-state index contributed by atoms with van der Waals surface area (Å²) in [7, 11) is -2.26. The van der Waals surface area contributed by atoms with E-state index in [1.54, 1.807) is 11.6 Å². The Morgan fingerprint density at radius 1 is 1.33 bits per heavy atom. The monoisotopic (exact) mass is 327 g/mol. The Bertz CT molecular complexity index is 878. The molecular formula is C12H13N3O4S2. The highest BCUT2D eigenvalue weighted by Gasteiger charge is 2.17.